The molecule has 1 amide bonds. The summed E-state index contributed by atoms with van der Waals surface area (Å²) in [7, 11) is 0. The van der Waals surface area contributed by atoms with Crippen molar-refractivity contribution in [1.29, 1.82) is 0 Å². The van der Waals surface area contributed by atoms with Crippen molar-refractivity contribution in [2.45, 2.75) is 24.5 Å². The van der Waals surface area contributed by atoms with E-state index in [-0.39, 0.29) is 5.91 Å². The Morgan fingerprint density at radius 1 is 1.30 bits per heavy atom. The highest BCUT2D eigenvalue weighted by Gasteiger charge is 2.14. The molecule has 0 fully saturated rings. The summed E-state index contributed by atoms with van der Waals surface area (Å²) >= 11 is 1.80. The van der Waals surface area contributed by atoms with Gasteiger partial charge in [0.15, 0.2) is 0 Å². The molecule has 2 aromatic rings. The number of aromatic nitrogens is 1. The number of amides is 1. The normalized spacial score (nSPS) is 10.8. The molecule has 0 aliphatic carbocycles. The molecule has 20 heavy (non-hydrogen) atoms. The van der Waals surface area contributed by atoms with Crippen molar-refractivity contribution < 1.29 is 13.6 Å². The third-order valence-corrected chi connectivity index (χ3v) is 4.24. The van der Waals surface area contributed by atoms with Gasteiger partial charge in [0, 0.05) is 10.6 Å². The predicted octanol–water partition coefficient (Wildman–Crippen LogP) is 4.33. The molecule has 0 unspecified atom stereocenters. The van der Waals surface area contributed by atoms with Crippen LogP contribution in [-0.2, 0) is 0 Å². The van der Waals surface area contributed by atoms with Crippen molar-refractivity contribution in [3.05, 3.63) is 39.8 Å². The molecule has 1 aromatic carbocycles. The average molecular weight is 314 g/mol. The minimum absolute atomic E-state index is 0.234. The zero-order valence-corrected chi connectivity index (χ0v) is 12.4. The summed E-state index contributed by atoms with van der Waals surface area (Å²) in [5.74, 6) is -2.68. The molecule has 0 bridgehead atoms. The van der Waals surface area contributed by atoms with Crippen LogP contribution in [0.15, 0.2) is 29.2 Å². The maximum atomic E-state index is 12.2. The number of rotatable bonds is 4. The van der Waals surface area contributed by atoms with Gasteiger partial charge in [-0.15, -0.1) is 11.3 Å². The van der Waals surface area contributed by atoms with Crippen LogP contribution in [0.4, 0.5) is 14.5 Å². The van der Waals surface area contributed by atoms with E-state index < -0.39 is 5.76 Å². The fraction of sp³-hybridized carbons (Fsp3) is 0.231. The van der Waals surface area contributed by atoms with Gasteiger partial charge >= 0.3 is 0 Å². The highest BCUT2D eigenvalue weighted by molar-refractivity contribution is 7.99. The number of carbonyl (C=O) groups excluding carboxylic acids is 1. The van der Waals surface area contributed by atoms with Crippen LogP contribution >= 0.6 is 23.1 Å². The monoisotopic (exact) mass is 314 g/mol. The summed E-state index contributed by atoms with van der Waals surface area (Å²) in [6.07, 6.45) is 0. The number of nitrogens with one attached hydrogen (secondary N) is 1. The van der Waals surface area contributed by atoms with Crippen molar-refractivity contribution >= 4 is 34.7 Å². The molecule has 3 nitrogen and oxygen atoms in total. The molecule has 1 aromatic heterocycles. The number of benzene rings is 1. The van der Waals surface area contributed by atoms with E-state index in [0.717, 1.165) is 5.01 Å². The minimum atomic E-state index is -2.45. The first kappa shape index (κ1) is 14.9. The highest BCUT2D eigenvalue weighted by atomic mass is 32.2. The molecular formula is C13H12F2N2OS2. The van der Waals surface area contributed by atoms with Gasteiger partial charge in [0.05, 0.1) is 10.7 Å². The zero-order chi connectivity index (χ0) is 14.7. The van der Waals surface area contributed by atoms with Crippen LogP contribution in [0.25, 0.3) is 0 Å². The summed E-state index contributed by atoms with van der Waals surface area (Å²) in [5, 5.41) is 3.56. The lowest BCUT2D eigenvalue weighted by Gasteiger charge is -2.05. The predicted molar refractivity (Wildman–Crippen MR) is 77.8 cm³/mol. The standard InChI is InChI=1S/C13H12F2N2OS2/c1-7-11(19-8(2)16-7)12(18)17-9-3-5-10(6-4-9)20-13(14)15/h3-6,13H,1-2H3,(H,17,18). The number of hydrogen-bond acceptors (Lipinski definition) is 4. The van der Waals surface area contributed by atoms with E-state index in [0.29, 0.717) is 32.9 Å². The molecule has 1 N–H and O–H groups in total. The summed E-state index contributed by atoms with van der Waals surface area (Å²) in [6, 6.07) is 6.31. The van der Waals surface area contributed by atoms with E-state index >= 15 is 0 Å². The van der Waals surface area contributed by atoms with Gasteiger partial charge < -0.3 is 5.32 Å². The van der Waals surface area contributed by atoms with E-state index in [1.165, 1.54) is 11.3 Å². The fourth-order valence-electron chi connectivity index (χ4n) is 1.65. The van der Waals surface area contributed by atoms with Crippen LogP contribution in [0, 0.1) is 13.8 Å². The lowest BCUT2D eigenvalue weighted by molar-refractivity contribution is 0.103. The van der Waals surface area contributed by atoms with Crippen molar-refractivity contribution in [2.24, 2.45) is 0 Å². The fourth-order valence-corrected chi connectivity index (χ4v) is 2.96. The Balaban J connectivity index is 2.06. The smallest absolute Gasteiger partial charge is 0.288 e. The van der Waals surface area contributed by atoms with Crippen LogP contribution in [0.5, 0.6) is 0 Å². The lowest BCUT2D eigenvalue weighted by atomic mass is 10.3. The quantitative estimate of drug-likeness (QED) is 0.854. The van der Waals surface area contributed by atoms with Crippen molar-refractivity contribution in [3.8, 4) is 0 Å². The van der Waals surface area contributed by atoms with Gasteiger partial charge in [-0.1, -0.05) is 11.8 Å². The Labute approximate surface area is 123 Å². The van der Waals surface area contributed by atoms with E-state index in [4.69, 9.17) is 0 Å². The first-order valence-corrected chi connectivity index (χ1v) is 7.45. The van der Waals surface area contributed by atoms with Gasteiger partial charge in [-0.05, 0) is 38.1 Å². The first-order chi connectivity index (χ1) is 9.45. The molecule has 106 valence electrons. The lowest BCUT2D eigenvalue weighted by Crippen LogP contribution is -2.11. The number of carbonyl (C=O) groups is 1. The van der Waals surface area contributed by atoms with E-state index in [1.807, 2.05) is 6.92 Å². The van der Waals surface area contributed by atoms with Crippen LogP contribution in [0.2, 0.25) is 0 Å². The van der Waals surface area contributed by atoms with Gasteiger partial charge in [-0.25, -0.2) is 4.98 Å². The van der Waals surface area contributed by atoms with Crippen LogP contribution in [0.3, 0.4) is 0 Å². The molecule has 0 saturated heterocycles. The molecule has 0 aliphatic rings. The number of thiazole rings is 1. The summed E-state index contributed by atoms with van der Waals surface area (Å²) in [4.78, 5) is 17.3. The zero-order valence-electron chi connectivity index (χ0n) is 10.8. The van der Waals surface area contributed by atoms with Gasteiger partial charge in [-0.2, -0.15) is 8.78 Å². The number of thioether (sulfide) groups is 1. The second-order valence-corrected chi connectivity index (χ2v) is 6.27. The van der Waals surface area contributed by atoms with Crippen molar-refractivity contribution in [2.75, 3.05) is 5.32 Å². The Kier molecular flexibility index (Phi) is 4.72. The van der Waals surface area contributed by atoms with Gasteiger partial charge in [0.1, 0.15) is 4.88 Å². The summed E-state index contributed by atoms with van der Waals surface area (Å²) < 4.78 is 24.4. The minimum Gasteiger partial charge on any atom is -0.321 e. The Hall–Kier alpha value is -1.47. The molecule has 2 rings (SSSR count). The van der Waals surface area contributed by atoms with E-state index in [9.17, 15) is 13.6 Å². The van der Waals surface area contributed by atoms with Gasteiger partial charge in [0.2, 0.25) is 0 Å². The summed E-state index contributed by atoms with van der Waals surface area (Å²) in [5.41, 5.74) is 1.26. The number of alkyl halides is 2. The Morgan fingerprint density at radius 2 is 1.95 bits per heavy atom. The Bertz CT molecular complexity index is 611. The Morgan fingerprint density at radius 3 is 2.45 bits per heavy atom. The topological polar surface area (TPSA) is 42.0 Å². The highest BCUT2D eigenvalue weighted by Crippen LogP contribution is 2.26. The first-order valence-electron chi connectivity index (χ1n) is 5.76. The van der Waals surface area contributed by atoms with Crippen LogP contribution in [-0.4, -0.2) is 16.6 Å². The van der Waals surface area contributed by atoms with Crippen LogP contribution in [0.1, 0.15) is 20.4 Å². The second kappa shape index (κ2) is 6.32. The molecule has 0 saturated carbocycles. The largest absolute Gasteiger partial charge is 0.321 e. The van der Waals surface area contributed by atoms with Gasteiger partial charge in [-0.3, -0.25) is 4.79 Å². The molecule has 1 heterocycles. The SMILES string of the molecule is Cc1nc(C)c(C(=O)Nc2ccc(SC(F)F)cc2)s1. The third kappa shape index (κ3) is 3.77. The maximum Gasteiger partial charge on any atom is 0.288 e. The number of aryl methyl sites for hydroxylation is 2. The second-order valence-electron chi connectivity index (χ2n) is 4.00. The van der Waals surface area contributed by atoms with Crippen LogP contribution < -0.4 is 5.32 Å². The number of halogens is 2. The third-order valence-electron chi connectivity index (χ3n) is 2.45. The number of nitrogens with zero attached hydrogens (tertiary/aromatic N) is 1. The van der Waals surface area contributed by atoms with Gasteiger partial charge in [0.25, 0.3) is 11.7 Å². The maximum absolute atomic E-state index is 12.2. The number of anilines is 1. The van der Waals surface area contributed by atoms with E-state index in [2.05, 4.69) is 10.3 Å². The van der Waals surface area contributed by atoms with E-state index in [1.54, 1.807) is 31.2 Å². The average Bonchev–Trinajstić information content (AvgIpc) is 2.70. The molecule has 7 heteroatoms. The molecular weight excluding hydrogens is 302 g/mol. The molecule has 0 aliphatic heterocycles. The van der Waals surface area contributed by atoms with Crippen molar-refractivity contribution in [3.63, 3.8) is 0 Å². The van der Waals surface area contributed by atoms with Crippen molar-refractivity contribution in [1.82, 2.24) is 4.98 Å². The summed E-state index contributed by atoms with van der Waals surface area (Å²) in [6.45, 7) is 3.62. The number of hydrogen-bond donors (Lipinski definition) is 1. The molecule has 0 atom stereocenters. The molecule has 0 radical (unpaired) electrons. The molecule has 0 spiro atoms.